The molecule has 0 fully saturated rings. The summed E-state index contributed by atoms with van der Waals surface area (Å²) in [5.41, 5.74) is 0. The molecule has 0 rings (SSSR count). The minimum Gasteiger partial charge on any atom is -0.0651 e. The van der Waals surface area contributed by atoms with Crippen molar-refractivity contribution >= 4 is 0 Å². The highest BCUT2D eigenvalue weighted by Gasteiger charge is 2.10. The Morgan fingerprint density at radius 2 is 1.18 bits per heavy atom. The topological polar surface area (TPSA) is 0 Å². The van der Waals surface area contributed by atoms with Gasteiger partial charge in [0.05, 0.1) is 0 Å². The Morgan fingerprint density at radius 1 is 0.647 bits per heavy atom. The Kier molecular flexibility index (Phi) is 9.97. The third-order valence-corrected chi connectivity index (χ3v) is 4.13. The fraction of sp³-hybridized carbons (Fsp3) is 1.00. The Labute approximate surface area is 111 Å². The molecule has 0 aliphatic carbocycles. The zero-order valence-electron chi connectivity index (χ0n) is 13.3. The van der Waals surface area contributed by atoms with Crippen molar-refractivity contribution in [2.45, 2.75) is 86.5 Å². The van der Waals surface area contributed by atoms with E-state index in [0.717, 1.165) is 23.7 Å². The van der Waals surface area contributed by atoms with E-state index in [4.69, 9.17) is 0 Å². The lowest BCUT2D eigenvalue weighted by Gasteiger charge is -2.18. The highest BCUT2D eigenvalue weighted by molar-refractivity contribution is 4.62. The quantitative estimate of drug-likeness (QED) is 0.420. The molecule has 0 heterocycles. The minimum atomic E-state index is 0.873. The maximum atomic E-state index is 2.45. The van der Waals surface area contributed by atoms with E-state index in [1.54, 1.807) is 0 Å². The van der Waals surface area contributed by atoms with Gasteiger partial charge in [-0.15, -0.1) is 0 Å². The average Bonchev–Trinajstić information content (AvgIpc) is 2.26. The minimum absolute atomic E-state index is 0.873. The second kappa shape index (κ2) is 9.97. The first kappa shape index (κ1) is 17.0. The standard InChI is InChI=1S/C17H36/c1-7-15(4)9-8-10-16(5)13-17(6)12-11-14(2)3/h14-17H,7-13H2,1-6H3. The maximum absolute atomic E-state index is 2.45. The van der Waals surface area contributed by atoms with Crippen LogP contribution in [0.4, 0.5) is 0 Å². The van der Waals surface area contributed by atoms with Crippen molar-refractivity contribution in [3.05, 3.63) is 0 Å². The molecule has 0 nitrogen and oxygen atoms in total. The summed E-state index contributed by atoms with van der Waals surface area (Å²) in [6.07, 6.45) is 9.92. The Morgan fingerprint density at radius 3 is 1.71 bits per heavy atom. The first-order valence-corrected chi connectivity index (χ1v) is 7.95. The zero-order valence-corrected chi connectivity index (χ0v) is 13.3. The van der Waals surface area contributed by atoms with Crippen LogP contribution in [0, 0.1) is 23.7 Å². The van der Waals surface area contributed by atoms with E-state index in [0.29, 0.717) is 0 Å². The zero-order chi connectivity index (χ0) is 13.3. The van der Waals surface area contributed by atoms with Crippen LogP contribution in [0.3, 0.4) is 0 Å². The molecule has 0 aromatic heterocycles. The summed E-state index contributed by atoms with van der Waals surface area (Å²) >= 11 is 0. The first-order chi connectivity index (χ1) is 7.95. The van der Waals surface area contributed by atoms with Gasteiger partial charge in [0.25, 0.3) is 0 Å². The highest BCUT2D eigenvalue weighted by atomic mass is 14.2. The molecule has 0 bridgehead atoms. The van der Waals surface area contributed by atoms with Crippen LogP contribution in [-0.4, -0.2) is 0 Å². The largest absolute Gasteiger partial charge is 0.0651 e. The van der Waals surface area contributed by atoms with Gasteiger partial charge in [-0.1, -0.05) is 80.1 Å². The summed E-state index contributed by atoms with van der Waals surface area (Å²) in [6, 6.07) is 0. The van der Waals surface area contributed by atoms with E-state index in [2.05, 4.69) is 41.5 Å². The third-order valence-electron chi connectivity index (χ3n) is 4.13. The van der Waals surface area contributed by atoms with Crippen LogP contribution in [0.2, 0.25) is 0 Å². The van der Waals surface area contributed by atoms with Gasteiger partial charge in [0, 0.05) is 0 Å². The van der Waals surface area contributed by atoms with Gasteiger partial charge in [-0.25, -0.2) is 0 Å². The molecule has 3 atom stereocenters. The molecule has 0 aromatic carbocycles. The third kappa shape index (κ3) is 10.9. The van der Waals surface area contributed by atoms with Crippen LogP contribution in [0.15, 0.2) is 0 Å². The highest BCUT2D eigenvalue weighted by Crippen LogP contribution is 2.23. The molecule has 0 aliphatic rings. The molecular weight excluding hydrogens is 204 g/mol. The van der Waals surface area contributed by atoms with Crippen molar-refractivity contribution in [2.24, 2.45) is 23.7 Å². The molecule has 0 aromatic rings. The van der Waals surface area contributed by atoms with Crippen LogP contribution in [0.25, 0.3) is 0 Å². The molecule has 0 saturated heterocycles. The van der Waals surface area contributed by atoms with E-state index in [-0.39, 0.29) is 0 Å². The monoisotopic (exact) mass is 240 g/mol. The SMILES string of the molecule is CCC(C)CCCC(C)CC(C)CCC(C)C. The Bertz CT molecular complexity index is 159. The molecular formula is C17H36. The second-order valence-corrected chi connectivity index (χ2v) is 6.86. The molecule has 0 N–H and O–H groups in total. The van der Waals surface area contributed by atoms with Crippen molar-refractivity contribution < 1.29 is 0 Å². The van der Waals surface area contributed by atoms with E-state index < -0.39 is 0 Å². The normalized spacial score (nSPS) is 17.1. The van der Waals surface area contributed by atoms with Crippen molar-refractivity contribution in [3.8, 4) is 0 Å². The van der Waals surface area contributed by atoms with Crippen LogP contribution in [0.1, 0.15) is 86.5 Å². The van der Waals surface area contributed by atoms with Gasteiger partial charge in [-0.3, -0.25) is 0 Å². The summed E-state index contributed by atoms with van der Waals surface area (Å²) in [4.78, 5) is 0. The summed E-state index contributed by atoms with van der Waals surface area (Å²) in [5.74, 6) is 3.66. The molecule has 0 saturated carbocycles. The second-order valence-electron chi connectivity index (χ2n) is 6.86. The van der Waals surface area contributed by atoms with Gasteiger partial charge >= 0.3 is 0 Å². The van der Waals surface area contributed by atoms with Crippen molar-refractivity contribution in [3.63, 3.8) is 0 Å². The Hall–Kier alpha value is 0. The Balaban J connectivity index is 3.53. The van der Waals surface area contributed by atoms with E-state index in [9.17, 15) is 0 Å². The number of hydrogen-bond acceptors (Lipinski definition) is 0. The lowest BCUT2D eigenvalue weighted by Crippen LogP contribution is -2.05. The van der Waals surface area contributed by atoms with Crippen LogP contribution < -0.4 is 0 Å². The van der Waals surface area contributed by atoms with Gasteiger partial charge in [0.2, 0.25) is 0 Å². The predicted molar refractivity (Wildman–Crippen MR) is 80.3 cm³/mol. The summed E-state index contributed by atoms with van der Waals surface area (Å²) in [7, 11) is 0. The van der Waals surface area contributed by atoms with Crippen LogP contribution >= 0.6 is 0 Å². The lowest BCUT2D eigenvalue weighted by molar-refractivity contribution is 0.339. The van der Waals surface area contributed by atoms with Crippen molar-refractivity contribution in [2.75, 3.05) is 0 Å². The van der Waals surface area contributed by atoms with Crippen LogP contribution in [-0.2, 0) is 0 Å². The average molecular weight is 240 g/mol. The van der Waals surface area contributed by atoms with E-state index in [1.807, 2.05) is 0 Å². The molecule has 17 heavy (non-hydrogen) atoms. The van der Waals surface area contributed by atoms with Crippen molar-refractivity contribution in [1.82, 2.24) is 0 Å². The summed E-state index contributed by atoms with van der Waals surface area (Å²) in [6.45, 7) is 14.2. The number of rotatable bonds is 10. The number of hydrogen-bond donors (Lipinski definition) is 0. The first-order valence-electron chi connectivity index (χ1n) is 7.95. The molecule has 3 unspecified atom stereocenters. The maximum Gasteiger partial charge on any atom is -0.0440 e. The molecule has 0 amide bonds. The fourth-order valence-electron chi connectivity index (χ4n) is 2.56. The van der Waals surface area contributed by atoms with Gasteiger partial charge in [0.1, 0.15) is 0 Å². The molecule has 0 aliphatic heterocycles. The summed E-state index contributed by atoms with van der Waals surface area (Å²) < 4.78 is 0. The smallest absolute Gasteiger partial charge is 0.0440 e. The lowest BCUT2D eigenvalue weighted by atomic mass is 9.88. The van der Waals surface area contributed by atoms with Crippen molar-refractivity contribution in [1.29, 1.82) is 0 Å². The molecule has 104 valence electrons. The predicted octanol–water partition coefficient (Wildman–Crippen LogP) is 6.30. The van der Waals surface area contributed by atoms with E-state index >= 15 is 0 Å². The summed E-state index contributed by atoms with van der Waals surface area (Å²) in [5, 5.41) is 0. The van der Waals surface area contributed by atoms with Gasteiger partial charge in [-0.2, -0.15) is 0 Å². The van der Waals surface area contributed by atoms with Gasteiger partial charge < -0.3 is 0 Å². The van der Waals surface area contributed by atoms with E-state index in [1.165, 1.54) is 44.9 Å². The molecule has 0 radical (unpaired) electrons. The van der Waals surface area contributed by atoms with Crippen LogP contribution in [0.5, 0.6) is 0 Å². The molecule has 0 heteroatoms. The van der Waals surface area contributed by atoms with Gasteiger partial charge in [0.15, 0.2) is 0 Å². The van der Waals surface area contributed by atoms with Gasteiger partial charge in [-0.05, 0) is 30.1 Å². The molecule has 0 spiro atoms. The fourth-order valence-corrected chi connectivity index (χ4v) is 2.56.